The highest BCUT2D eigenvalue weighted by atomic mass is 19.4. The highest BCUT2D eigenvalue weighted by molar-refractivity contribution is 5.92. The number of benzene rings is 1. The number of nitrogens with two attached hydrogens (primary N) is 2. The Labute approximate surface area is 235 Å². The van der Waals surface area contributed by atoms with Crippen molar-refractivity contribution in [3.05, 3.63) is 41.5 Å². The van der Waals surface area contributed by atoms with E-state index >= 15 is 0 Å². The van der Waals surface area contributed by atoms with Crippen LogP contribution in [0.4, 0.5) is 22.0 Å². The van der Waals surface area contributed by atoms with Crippen LogP contribution in [0.2, 0.25) is 0 Å². The van der Waals surface area contributed by atoms with Crippen LogP contribution in [-0.4, -0.2) is 45.4 Å². The summed E-state index contributed by atoms with van der Waals surface area (Å²) < 4.78 is 61.0. The summed E-state index contributed by atoms with van der Waals surface area (Å²) in [5.41, 5.74) is 7.77. The number of carbonyl (C=O) groups is 2. The van der Waals surface area contributed by atoms with E-state index in [0.29, 0.717) is 47.7 Å². The Morgan fingerprint density at radius 2 is 1.83 bits per heavy atom. The van der Waals surface area contributed by atoms with E-state index in [1.54, 1.807) is 18.2 Å². The molecule has 1 aromatic carbocycles. The smallest absolute Gasteiger partial charge is 0.389 e. The van der Waals surface area contributed by atoms with Gasteiger partial charge in [-0.15, -0.1) is 0 Å². The summed E-state index contributed by atoms with van der Waals surface area (Å²) >= 11 is 0. The number of H-pyrrole nitrogens is 1. The lowest BCUT2D eigenvalue weighted by Crippen LogP contribution is -2.40. The number of aromatic nitrogens is 2. The minimum Gasteiger partial charge on any atom is -0.403 e. The molecule has 1 heterocycles. The first-order chi connectivity index (χ1) is 19.3. The molecule has 2 aromatic rings. The van der Waals surface area contributed by atoms with Crippen molar-refractivity contribution in [2.75, 3.05) is 6.54 Å². The largest absolute Gasteiger partial charge is 0.403 e. The summed E-state index contributed by atoms with van der Waals surface area (Å²) in [5, 5.41) is 6.54. The van der Waals surface area contributed by atoms with Crippen LogP contribution in [0, 0.1) is 5.92 Å². The molecule has 2 fully saturated rings. The normalized spacial score (nSPS) is 17.0. The lowest BCUT2D eigenvalue weighted by Gasteiger charge is -2.20. The lowest BCUT2D eigenvalue weighted by molar-refractivity contribution is -0.144. The Morgan fingerprint density at radius 3 is 2.41 bits per heavy atom. The maximum absolute atomic E-state index is 12.4. The molecule has 0 radical (unpaired) electrons. The molecule has 1 aromatic heterocycles. The minimum atomic E-state index is -4.36. The summed E-state index contributed by atoms with van der Waals surface area (Å²) in [6, 6.07) is 5.18. The van der Waals surface area contributed by atoms with E-state index in [-0.39, 0.29) is 31.6 Å². The van der Waals surface area contributed by atoms with Gasteiger partial charge < -0.3 is 26.4 Å². The Bertz CT molecular complexity index is 1190. The van der Waals surface area contributed by atoms with Gasteiger partial charge in [-0.1, -0.05) is 25.3 Å². The average molecular weight is 588 g/mol. The minimum absolute atomic E-state index is 0.0928. The number of amides is 2. The molecule has 4 rings (SSSR count). The van der Waals surface area contributed by atoms with Crippen molar-refractivity contribution in [3.8, 4) is 0 Å². The molecule has 0 unspecified atom stereocenters. The van der Waals surface area contributed by atoms with Gasteiger partial charge in [-0.3, -0.25) is 9.59 Å². The molecular formula is C27H38F5N7O2. The maximum Gasteiger partial charge on any atom is 0.389 e. The molecule has 2 aliphatic rings. The van der Waals surface area contributed by atoms with Gasteiger partial charge in [0.15, 0.2) is 0 Å². The van der Waals surface area contributed by atoms with Crippen LogP contribution >= 0.6 is 0 Å². The van der Waals surface area contributed by atoms with Crippen LogP contribution in [0.25, 0.3) is 11.0 Å². The molecule has 9 nitrogen and oxygen atoms in total. The van der Waals surface area contributed by atoms with E-state index in [0.717, 1.165) is 12.8 Å². The number of hydrogen-bond donors (Lipinski definition) is 5. The Morgan fingerprint density at radius 1 is 1.12 bits per heavy atom. The van der Waals surface area contributed by atoms with Gasteiger partial charge in [-0.2, -0.15) is 13.2 Å². The first-order valence-electron chi connectivity index (χ1n) is 13.8. The van der Waals surface area contributed by atoms with Crippen LogP contribution in [0.3, 0.4) is 0 Å². The number of nitrogens with one attached hydrogen (secondary N) is 3. The molecule has 14 heteroatoms. The third-order valence-corrected chi connectivity index (χ3v) is 6.90. The highest BCUT2D eigenvalue weighted by Gasteiger charge is 2.30. The van der Waals surface area contributed by atoms with E-state index in [2.05, 4.69) is 20.6 Å². The Balaban J connectivity index is 0.000000496. The summed E-state index contributed by atoms with van der Waals surface area (Å²) in [6.07, 6.45) is 1.01. The number of aromatic amines is 1. The number of carbonyl (C=O) groups excluding carboxylic acids is 2. The predicted octanol–water partition coefficient (Wildman–Crippen LogP) is 4.50. The van der Waals surface area contributed by atoms with E-state index < -0.39 is 36.8 Å². The maximum atomic E-state index is 12.4. The molecule has 2 aliphatic carbocycles. The number of rotatable bonds is 11. The summed E-state index contributed by atoms with van der Waals surface area (Å²) in [4.78, 5) is 31.5. The van der Waals surface area contributed by atoms with Gasteiger partial charge in [-0.25, -0.2) is 19.6 Å². The fraction of sp³-hybridized carbons (Fsp3) is 0.593. The monoisotopic (exact) mass is 587 g/mol. The highest BCUT2D eigenvalue weighted by Crippen LogP contribution is 2.33. The van der Waals surface area contributed by atoms with Crippen LogP contribution in [-0.2, 0) is 22.7 Å². The second-order valence-corrected chi connectivity index (χ2v) is 10.5. The topological polar surface area (TPSA) is 142 Å². The second-order valence-electron chi connectivity index (χ2n) is 10.5. The summed E-state index contributed by atoms with van der Waals surface area (Å²) in [6.45, 7) is 0.752. The number of hydrogen-bond acceptors (Lipinski definition) is 6. The van der Waals surface area contributed by atoms with Gasteiger partial charge in [0.1, 0.15) is 11.5 Å². The predicted molar refractivity (Wildman–Crippen MR) is 144 cm³/mol. The van der Waals surface area contributed by atoms with Gasteiger partial charge >= 0.3 is 6.18 Å². The van der Waals surface area contributed by atoms with E-state index in [9.17, 15) is 31.5 Å². The molecule has 7 N–H and O–H groups in total. The van der Waals surface area contributed by atoms with Crippen molar-refractivity contribution in [1.82, 2.24) is 25.6 Å². The van der Waals surface area contributed by atoms with Crippen molar-refractivity contribution in [2.24, 2.45) is 17.5 Å². The third kappa shape index (κ3) is 11.5. The molecule has 0 aliphatic heterocycles. The molecule has 0 atom stereocenters. The van der Waals surface area contributed by atoms with Gasteiger partial charge in [0.2, 0.25) is 11.8 Å². The standard InChI is InChI=1S/C21H28F3N7O2.C6H10F2/c22-21(23,24)7-5-19(32)27-11-14-3-4-15-16(9-14)30-18(29-15)12-28-20(33)17(10-25)31(26)8-6-13-1-2-13;7-6(8)4-2-1-3-5-6/h3-4,9-10,13H,1-2,5-8,11-12,25-26H2,(H,27,32)(H,28,33)(H,29,30);1-5H2/b17-10-;. The average Bonchev–Trinajstić information content (AvgIpc) is 3.65. The van der Waals surface area contributed by atoms with Crippen molar-refractivity contribution >= 4 is 22.8 Å². The zero-order valence-electron chi connectivity index (χ0n) is 22.8. The van der Waals surface area contributed by atoms with Gasteiger partial charge in [0.05, 0.1) is 24.0 Å². The number of halogens is 5. The first kappa shape index (κ1) is 32.1. The number of fused-ring (bicyclic) bond motifs is 1. The molecule has 41 heavy (non-hydrogen) atoms. The fourth-order valence-electron chi connectivity index (χ4n) is 4.32. The molecule has 2 amide bonds. The van der Waals surface area contributed by atoms with Crippen molar-refractivity contribution < 1.29 is 31.5 Å². The summed E-state index contributed by atoms with van der Waals surface area (Å²) in [5.74, 6) is 3.72. The number of hydrazine groups is 1. The van der Waals surface area contributed by atoms with Crippen molar-refractivity contribution in [3.63, 3.8) is 0 Å². The molecule has 0 bridgehead atoms. The number of imidazole rings is 1. The van der Waals surface area contributed by atoms with Crippen molar-refractivity contribution in [2.45, 2.75) is 89.4 Å². The third-order valence-electron chi connectivity index (χ3n) is 6.90. The van der Waals surface area contributed by atoms with Gasteiger partial charge in [-0.05, 0) is 42.9 Å². The van der Waals surface area contributed by atoms with Gasteiger partial charge in [0, 0.05) is 38.6 Å². The molecule has 228 valence electrons. The van der Waals surface area contributed by atoms with E-state index in [1.165, 1.54) is 24.1 Å². The van der Waals surface area contributed by atoms with Crippen molar-refractivity contribution in [1.29, 1.82) is 0 Å². The number of alkyl halides is 5. The van der Waals surface area contributed by atoms with Crippen LogP contribution in [0.1, 0.15) is 75.6 Å². The zero-order valence-corrected chi connectivity index (χ0v) is 22.8. The van der Waals surface area contributed by atoms with Crippen LogP contribution in [0.5, 0.6) is 0 Å². The van der Waals surface area contributed by atoms with E-state index in [4.69, 9.17) is 11.6 Å². The molecule has 2 saturated carbocycles. The number of nitrogens with zero attached hydrogens (tertiary/aromatic N) is 2. The van der Waals surface area contributed by atoms with E-state index in [1.807, 2.05) is 0 Å². The van der Waals surface area contributed by atoms with Crippen LogP contribution in [0.15, 0.2) is 30.1 Å². The SMILES string of the molecule is FC1(F)CCCCC1.N/C=C(/C(=O)NCc1nc2ccc(CNC(=O)CCC(F)(F)F)cc2[nH]1)N(N)CCC1CC1. The Hall–Kier alpha value is -3.42. The van der Waals surface area contributed by atoms with Gasteiger partial charge in [0.25, 0.3) is 5.91 Å². The Kier molecular flexibility index (Phi) is 11.3. The first-order valence-corrected chi connectivity index (χ1v) is 13.8. The quantitative estimate of drug-likeness (QED) is 0.113. The molecule has 0 saturated heterocycles. The molecular weight excluding hydrogens is 549 g/mol. The molecule has 0 spiro atoms. The van der Waals surface area contributed by atoms with Crippen LogP contribution < -0.4 is 22.2 Å². The zero-order chi connectivity index (χ0) is 30.0. The second kappa shape index (κ2) is 14.5. The fourth-order valence-corrected chi connectivity index (χ4v) is 4.32. The lowest BCUT2D eigenvalue weighted by atomic mass is 9.97. The summed E-state index contributed by atoms with van der Waals surface area (Å²) in [7, 11) is 0.